The fourth-order valence-electron chi connectivity index (χ4n) is 2.45. The molecule has 0 aliphatic rings. The highest BCUT2D eigenvalue weighted by Gasteiger charge is 2.07. The fraction of sp³-hybridized carbons (Fsp3) is 0.500. The quantitative estimate of drug-likeness (QED) is 0.299. The second kappa shape index (κ2) is 11.3. The zero-order chi connectivity index (χ0) is 19.5. The molecule has 0 aliphatic carbocycles. The first-order valence-corrected chi connectivity index (χ1v) is 9.88. The Labute approximate surface area is 162 Å². The first kappa shape index (κ1) is 20.9. The summed E-state index contributed by atoms with van der Waals surface area (Å²) < 4.78 is 11.0. The molecule has 2 aromatic rings. The predicted molar refractivity (Wildman–Crippen MR) is 107 cm³/mol. The molecule has 0 radical (unpaired) electrons. The monoisotopic (exact) mass is 370 g/mol. The van der Waals surface area contributed by atoms with E-state index in [1.54, 1.807) is 24.5 Å². The Hall–Kier alpha value is -2.43. The summed E-state index contributed by atoms with van der Waals surface area (Å²) >= 11 is 0. The molecule has 5 heteroatoms. The van der Waals surface area contributed by atoms with Crippen LogP contribution in [0, 0.1) is 5.92 Å². The Morgan fingerprint density at radius 1 is 1.00 bits per heavy atom. The second-order valence-electron chi connectivity index (χ2n) is 6.88. The van der Waals surface area contributed by atoms with Crippen LogP contribution in [0.1, 0.15) is 59.3 Å². The summed E-state index contributed by atoms with van der Waals surface area (Å²) in [6.07, 6.45) is 9.18. The Bertz CT molecular complexity index is 684. The Morgan fingerprint density at radius 2 is 1.70 bits per heavy atom. The molecule has 0 saturated carbocycles. The zero-order valence-electron chi connectivity index (χ0n) is 16.6. The molecule has 5 nitrogen and oxygen atoms in total. The molecular weight excluding hydrogens is 340 g/mol. The Morgan fingerprint density at radius 3 is 2.33 bits per heavy atom. The van der Waals surface area contributed by atoms with Gasteiger partial charge in [-0.15, -0.1) is 0 Å². The van der Waals surface area contributed by atoms with Gasteiger partial charge in [0, 0.05) is 12.0 Å². The fourth-order valence-corrected chi connectivity index (χ4v) is 2.45. The number of benzene rings is 1. The van der Waals surface area contributed by atoms with Crippen molar-refractivity contribution in [2.45, 2.75) is 59.3 Å². The number of rotatable bonds is 11. The molecule has 1 atom stereocenters. The van der Waals surface area contributed by atoms with Crippen molar-refractivity contribution < 1.29 is 14.3 Å². The number of esters is 1. The van der Waals surface area contributed by atoms with E-state index in [2.05, 4.69) is 30.7 Å². The average molecular weight is 370 g/mol. The van der Waals surface area contributed by atoms with Gasteiger partial charge >= 0.3 is 5.97 Å². The van der Waals surface area contributed by atoms with Crippen LogP contribution in [-0.2, 0) is 4.79 Å². The minimum Gasteiger partial charge on any atom is -0.490 e. The van der Waals surface area contributed by atoms with Crippen LogP contribution >= 0.6 is 0 Å². The van der Waals surface area contributed by atoms with E-state index in [9.17, 15) is 4.79 Å². The van der Waals surface area contributed by atoms with Gasteiger partial charge in [0.1, 0.15) is 5.75 Å². The van der Waals surface area contributed by atoms with Crippen molar-refractivity contribution in [3.8, 4) is 22.9 Å². The smallest absolute Gasteiger partial charge is 0.311 e. The van der Waals surface area contributed by atoms with Gasteiger partial charge in [-0.3, -0.25) is 4.79 Å². The molecule has 1 aromatic heterocycles. The van der Waals surface area contributed by atoms with Crippen molar-refractivity contribution in [3.63, 3.8) is 0 Å². The maximum absolute atomic E-state index is 11.8. The molecular formula is C22H30N2O3. The lowest BCUT2D eigenvalue weighted by Crippen LogP contribution is -2.08. The molecule has 2 rings (SSSR count). The Kier molecular flexibility index (Phi) is 8.75. The molecule has 1 aromatic carbocycles. The minimum absolute atomic E-state index is 0.182. The zero-order valence-corrected chi connectivity index (χ0v) is 16.6. The topological polar surface area (TPSA) is 61.3 Å². The van der Waals surface area contributed by atoms with E-state index in [0.29, 0.717) is 36.3 Å². The van der Waals surface area contributed by atoms with E-state index >= 15 is 0 Å². The largest absolute Gasteiger partial charge is 0.490 e. The van der Waals surface area contributed by atoms with Gasteiger partial charge < -0.3 is 9.47 Å². The van der Waals surface area contributed by atoms with Crippen molar-refractivity contribution in [1.29, 1.82) is 0 Å². The van der Waals surface area contributed by atoms with Crippen LogP contribution in [0.25, 0.3) is 11.4 Å². The number of aromatic nitrogens is 2. The van der Waals surface area contributed by atoms with E-state index in [-0.39, 0.29) is 5.97 Å². The van der Waals surface area contributed by atoms with E-state index in [1.807, 2.05) is 12.1 Å². The van der Waals surface area contributed by atoms with E-state index in [1.165, 1.54) is 0 Å². The number of nitrogens with zero attached hydrogens (tertiary/aromatic N) is 2. The lowest BCUT2D eigenvalue weighted by atomic mass is 10.1. The number of unbranched alkanes of at least 4 members (excludes halogenated alkanes) is 3. The van der Waals surface area contributed by atoms with Crippen molar-refractivity contribution in [2.24, 2.45) is 5.92 Å². The second-order valence-corrected chi connectivity index (χ2v) is 6.88. The van der Waals surface area contributed by atoms with Crippen LogP contribution in [0.5, 0.6) is 11.5 Å². The molecule has 1 heterocycles. The SMILES string of the molecule is CCCCCCC(=O)Oc1ccc(-c2ncc(OCC(C)CC)cn2)cc1. The average Bonchev–Trinajstić information content (AvgIpc) is 2.70. The van der Waals surface area contributed by atoms with Crippen molar-refractivity contribution >= 4 is 5.97 Å². The number of carbonyl (C=O) groups excluding carboxylic acids is 1. The van der Waals surface area contributed by atoms with Crippen LogP contribution in [0.3, 0.4) is 0 Å². The summed E-state index contributed by atoms with van der Waals surface area (Å²) in [5, 5.41) is 0. The van der Waals surface area contributed by atoms with Crippen LogP contribution in [0.2, 0.25) is 0 Å². The first-order chi connectivity index (χ1) is 13.1. The maximum atomic E-state index is 11.8. The standard InChI is InChI=1S/C22H30N2O3/c1-4-6-7-8-9-21(25)27-19-12-10-18(11-13-19)22-23-14-20(15-24-22)26-16-17(3)5-2/h10-15,17H,4-9,16H2,1-3H3. The molecule has 0 amide bonds. The molecule has 0 aliphatic heterocycles. The van der Waals surface area contributed by atoms with Gasteiger partial charge in [0.2, 0.25) is 0 Å². The number of ether oxygens (including phenoxy) is 2. The summed E-state index contributed by atoms with van der Waals surface area (Å²) in [4.78, 5) is 20.6. The van der Waals surface area contributed by atoms with Crippen LogP contribution < -0.4 is 9.47 Å². The van der Waals surface area contributed by atoms with Crippen molar-refractivity contribution in [3.05, 3.63) is 36.7 Å². The molecule has 1 unspecified atom stereocenters. The van der Waals surface area contributed by atoms with Crippen LogP contribution in [-0.4, -0.2) is 22.5 Å². The minimum atomic E-state index is -0.182. The van der Waals surface area contributed by atoms with Gasteiger partial charge in [-0.25, -0.2) is 9.97 Å². The van der Waals surface area contributed by atoms with Crippen molar-refractivity contribution in [1.82, 2.24) is 9.97 Å². The lowest BCUT2D eigenvalue weighted by molar-refractivity contribution is -0.134. The first-order valence-electron chi connectivity index (χ1n) is 9.88. The predicted octanol–water partition coefficient (Wildman–Crippen LogP) is 5.44. The van der Waals surface area contributed by atoms with E-state index in [4.69, 9.17) is 9.47 Å². The summed E-state index contributed by atoms with van der Waals surface area (Å²) in [7, 11) is 0. The van der Waals surface area contributed by atoms with Gasteiger partial charge in [0.05, 0.1) is 19.0 Å². The van der Waals surface area contributed by atoms with Gasteiger partial charge in [-0.05, 0) is 36.6 Å². The molecule has 0 saturated heterocycles. The summed E-state index contributed by atoms with van der Waals surface area (Å²) in [5.74, 6) is 2.16. The number of carbonyl (C=O) groups is 1. The number of hydrogen-bond acceptors (Lipinski definition) is 5. The molecule has 0 spiro atoms. The third-order valence-corrected chi connectivity index (χ3v) is 4.44. The molecule has 0 bridgehead atoms. The Balaban J connectivity index is 1.86. The molecule has 146 valence electrons. The normalized spacial score (nSPS) is 11.8. The highest BCUT2D eigenvalue weighted by molar-refractivity contribution is 5.72. The van der Waals surface area contributed by atoms with Gasteiger partial charge in [-0.2, -0.15) is 0 Å². The third kappa shape index (κ3) is 7.37. The maximum Gasteiger partial charge on any atom is 0.311 e. The number of hydrogen-bond donors (Lipinski definition) is 0. The highest BCUT2D eigenvalue weighted by Crippen LogP contribution is 2.21. The van der Waals surface area contributed by atoms with Crippen LogP contribution in [0.15, 0.2) is 36.7 Å². The summed E-state index contributed by atoms with van der Waals surface area (Å²) in [6.45, 7) is 7.10. The van der Waals surface area contributed by atoms with Crippen molar-refractivity contribution in [2.75, 3.05) is 6.61 Å². The third-order valence-electron chi connectivity index (χ3n) is 4.44. The van der Waals surface area contributed by atoms with Crippen LogP contribution in [0.4, 0.5) is 0 Å². The lowest BCUT2D eigenvalue weighted by Gasteiger charge is -2.10. The highest BCUT2D eigenvalue weighted by atomic mass is 16.5. The van der Waals surface area contributed by atoms with Gasteiger partial charge in [-0.1, -0.05) is 46.5 Å². The van der Waals surface area contributed by atoms with E-state index in [0.717, 1.165) is 37.7 Å². The molecule has 27 heavy (non-hydrogen) atoms. The van der Waals surface area contributed by atoms with Gasteiger partial charge in [0.25, 0.3) is 0 Å². The summed E-state index contributed by atoms with van der Waals surface area (Å²) in [5.41, 5.74) is 0.867. The summed E-state index contributed by atoms with van der Waals surface area (Å²) in [6, 6.07) is 7.26. The molecule has 0 N–H and O–H groups in total. The van der Waals surface area contributed by atoms with E-state index < -0.39 is 0 Å². The molecule has 0 fully saturated rings. The van der Waals surface area contributed by atoms with Gasteiger partial charge in [0.15, 0.2) is 11.6 Å².